The highest BCUT2D eigenvalue weighted by Crippen LogP contribution is 2.21. The van der Waals surface area contributed by atoms with Gasteiger partial charge in [-0.1, -0.05) is 24.3 Å². The van der Waals surface area contributed by atoms with Crippen LogP contribution in [0.5, 0.6) is 5.75 Å². The number of aromatic nitrogens is 2. The minimum Gasteiger partial charge on any atom is -0.493 e. The zero-order valence-corrected chi connectivity index (χ0v) is 18.3. The molecule has 0 spiro atoms. The number of rotatable bonds is 9. The number of nitrogens with zero attached hydrogens (tertiary/aromatic N) is 2. The third-order valence-corrected chi connectivity index (χ3v) is 6.09. The van der Waals surface area contributed by atoms with Gasteiger partial charge in [-0.05, 0) is 53.3 Å². The Labute approximate surface area is 186 Å². The molecular formula is C25H25N3O2S. The van der Waals surface area contributed by atoms with Crippen molar-refractivity contribution in [2.24, 2.45) is 0 Å². The number of benzene rings is 1. The van der Waals surface area contributed by atoms with E-state index < -0.39 is 0 Å². The number of nitrogens with one attached hydrogen (secondary N) is 1. The monoisotopic (exact) mass is 431 g/mol. The van der Waals surface area contributed by atoms with E-state index in [4.69, 9.17) is 4.74 Å². The fourth-order valence-corrected chi connectivity index (χ4v) is 4.05. The Morgan fingerprint density at radius 2 is 2.06 bits per heavy atom. The lowest BCUT2D eigenvalue weighted by molar-refractivity contribution is 0.321. The van der Waals surface area contributed by atoms with E-state index in [0.717, 1.165) is 28.8 Å². The Hall–Kier alpha value is -3.38. The molecule has 0 bridgehead atoms. The Morgan fingerprint density at radius 1 is 1.13 bits per heavy atom. The first-order valence-electron chi connectivity index (χ1n) is 10.3. The van der Waals surface area contributed by atoms with E-state index in [1.807, 2.05) is 36.5 Å². The number of anilines is 1. The first-order chi connectivity index (χ1) is 15.2. The summed E-state index contributed by atoms with van der Waals surface area (Å²) in [5.74, 6) is 0.612. The van der Waals surface area contributed by atoms with Gasteiger partial charge in [0.15, 0.2) is 0 Å². The lowest BCUT2D eigenvalue weighted by atomic mass is 10.1. The Bertz CT molecular complexity index is 1170. The first kappa shape index (κ1) is 20.9. The van der Waals surface area contributed by atoms with Gasteiger partial charge in [-0.15, -0.1) is 11.3 Å². The molecule has 0 aliphatic carbocycles. The zero-order chi connectivity index (χ0) is 21.5. The summed E-state index contributed by atoms with van der Waals surface area (Å²) < 4.78 is 7.47. The molecule has 3 heterocycles. The van der Waals surface area contributed by atoms with Crippen LogP contribution in [-0.2, 0) is 19.5 Å². The van der Waals surface area contributed by atoms with Crippen molar-refractivity contribution in [1.29, 1.82) is 0 Å². The van der Waals surface area contributed by atoms with Gasteiger partial charge in [0.05, 0.1) is 13.2 Å². The van der Waals surface area contributed by atoms with Crippen LogP contribution in [0.1, 0.15) is 21.6 Å². The van der Waals surface area contributed by atoms with Gasteiger partial charge in [0.2, 0.25) is 0 Å². The predicted molar refractivity (Wildman–Crippen MR) is 126 cm³/mol. The van der Waals surface area contributed by atoms with Crippen molar-refractivity contribution in [3.8, 4) is 5.75 Å². The molecule has 0 radical (unpaired) electrons. The number of pyridine rings is 2. The van der Waals surface area contributed by atoms with E-state index in [-0.39, 0.29) is 5.56 Å². The van der Waals surface area contributed by atoms with E-state index in [9.17, 15) is 4.79 Å². The Morgan fingerprint density at radius 3 is 2.84 bits per heavy atom. The summed E-state index contributed by atoms with van der Waals surface area (Å²) in [6, 6.07) is 17.7. The Balaban J connectivity index is 1.39. The molecule has 4 rings (SSSR count). The van der Waals surface area contributed by atoms with E-state index in [1.54, 1.807) is 34.4 Å². The van der Waals surface area contributed by atoms with Crippen molar-refractivity contribution in [2.45, 2.75) is 26.4 Å². The largest absolute Gasteiger partial charge is 0.493 e. The lowest BCUT2D eigenvalue weighted by Crippen LogP contribution is -2.20. The summed E-state index contributed by atoms with van der Waals surface area (Å²) in [6.07, 6.45) is 6.28. The van der Waals surface area contributed by atoms with Crippen LogP contribution < -0.4 is 15.6 Å². The van der Waals surface area contributed by atoms with Crippen molar-refractivity contribution >= 4 is 17.0 Å². The van der Waals surface area contributed by atoms with Gasteiger partial charge in [-0.3, -0.25) is 9.78 Å². The molecule has 5 nitrogen and oxygen atoms in total. The average molecular weight is 432 g/mol. The van der Waals surface area contributed by atoms with Gasteiger partial charge in [0.1, 0.15) is 5.75 Å². The maximum Gasteiger partial charge on any atom is 0.254 e. The van der Waals surface area contributed by atoms with Crippen LogP contribution in [0.15, 0.2) is 83.4 Å². The van der Waals surface area contributed by atoms with Crippen LogP contribution in [0, 0.1) is 6.92 Å². The second-order valence-corrected chi connectivity index (χ2v) is 8.34. The van der Waals surface area contributed by atoms with Gasteiger partial charge in [0, 0.05) is 48.2 Å². The summed E-state index contributed by atoms with van der Waals surface area (Å²) in [4.78, 5) is 18.0. The maximum absolute atomic E-state index is 12.6. The third kappa shape index (κ3) is 5.61. The van der Waals surface area contributed by atoms with Crippen LogP contribution in [0.3, 0.4) is 0 Å². The molecule has 4 aromatic rings. The van der Waals surface area contributed by atoms with E-state index >= 15 is 0 Å². The third-order valence-electron chi connectivity index (χ3n) is 5.16. The molecule has 0 aliphatic rings. The van der Waals surface area contributed by atoms with Gasteiger partial charge < -0.3 is 14.6 Å². The molecule has 0 aliphatic heterocycles. The maximum atomic E-state index is 12.6. The molecule has 1 N–H and O–H groups in total. The van der Waals surface area contributed by atoms with Crippen molar-refractivity contribution in [2.75, 3.05) is 11.9 Å². The fraction of sp³-hybridized carbons (Fsp3) is 0.200. The minimum absolute atomic E-state index is 0.0678. The van der Waals surface area contributed by atoms with Crippen LogP contribution in [0.2, 0.25) is 0 Å². The van der Waals surface area contributed by atoms with Gasteiger partial charge in [0.25, 0.3) is 5.56 Å². The quantitative estimate of drug-likeness (QED) is 0.410. The summed E-state index contributed by atoms with van der Waals surface area (Å²) in [7, 11) is 0. The second-order valence-electron chi connectivity index (χ2n) is 7.31. The molecule has 0 unspecified atom stereocenters. The van der Waals surface area contributed by atoms with E-state index in [0.29, 0.717) is 25.4 Å². The number of ether oxygens (including phenoxy) is 1. The highest BCUT2D eigenvalue weighted by molar-refractivity contribution is 7.09. The molecular weight excluding hydrogens is 406 g/mol. The number of hydrogen-bond acceptors (Lipinski definition) is 5. The highest BCUT2D eigenvalue weighted by atomic mass is 32.1. The average Bonchev–Trinajstić information content (AvgIpc) is 3.30. The molecule has 1 aromatic carbocycles. The summed E-state index contributed by atoms with van der Waals surface area (Å²) in [5, 5.41) is 5.52. The summed E-state index contributed by atoms with van der Waals surface area (Å²) in [5.41, 5.74) is 4.35. The standard InChI is InChI=1S/C25H25N3O2S/c1-19-21(6-2-8-24(19)27-17-20-5-3-11-26-16-20)18-28-12-9-22(15-25(28)29)30-13-10-23-7-4-14-31-23/h2-9,11-12,14-16,27H,10,13,17-18H2,1H3. The molecule has 0 fully saturated rings. The summed E-state index contributed by atoms with van der Waals surface area (Å²) >= 11 is 1.72. The van der Waals surface area contributed by atoms with Crippen molar-refractivity contribution in [3.63, 3.8) is 0 Å². The van der Waals surface area contributed by atoms with Crippen LogP contribution in [0.4, 0.5) is 5.69 Å². The smallest absolute Gasteiger partial charge is 0.254 e. The predicted octanol–water partition coefficient (Wildman–Crippen LogP) is 4.90. The van der Waals surface area contributed by atoms with Crippen molar-refractivity contribution < 1.29 is 4.74 Å². The molecule has 31 heavy (non-hydrogen) atoms. The van der Waals surface area contributed by atoms with Crippen molar-refractivity contribution in [1.82, 2.24) is 9.55 Å². The zero-order valence-electron chi connectivity index (χ0n) is 17.5. The van der Waals surface area contributed by atoms with E-state index in [2.05, 4.69) is 40.8 Å². The second kappa shape index (κ2) is 10.1. The normalized spacial score (nSPS) is 10.7. The SMILES string of the molecule is Cc1c(Cn2ccc(OCCc3cccs3)cc2=O)cccc1NCc1cccnc1. The Kier molecular flexibility index (Phi) is 6.79. The molecule has 0 saturated carbocycles. The van der Waals surface area contributed by atoms with Gasteiger partial charge in [-0.25, -0.2) is 0 Å². The molecule has 0 saturated heterocycles. The lowest BCUT2D eigenvalue weighted by Gasteiger charge is -2.15. The van der Waals surface area contributed by atoms with E-state index in [1.165, 1.54) is 4.88 Å². The van der Waals surface area contributed by atoms with Gasteiger partial charge in [-0.2, -0.15) is 0 Å². The minimum atomic E-state index is -0.0678. The highest BCUT2D eigenvalue weighted by Gasteiger charge is 2.07. The topological polar surface area (TPSA) is 56.1 Å². The molecule has 3 aromatic heterocycles. The van der Waals surface area contributed by atoms with Crippen LogP contribution in [-0.4, -0.2) is 16.2 Å². The molecule has 0 amide bonds. The molecule has 158 valence electrons. The van der Waals surface area contributed by atoms with Gasteiger partial charge >= 0.3 is 0 Å². The van der Waals surface area contributed by atoms with Crippen LogP contribution >= 0.6 is 11.3 Å². The fourth-order valence-electron chi connectivity index (χ4n) is 3.36. The first-order valence-corrected chi connectivity index (χ1v) is 11.1. The summed E-state index contributed by atoms with van der Waals surface area (Å²) in [6.45, 7) is 3.86. The number of hydrogen-bond donors (Lipinski definition) is 1. The number of thiophene rings is 1. The molecule has 0 atom stereocenters. The van der Waals surface area contributed by atoms with Crippen LogP contribution in [0.25, 0.3) is 0 Å². The van der Waals surface area contributed by atoms with Crippen molar-refractivity contribution in [3.05, 3.63) is 110 Å². The molecule has 6 heteroatoms.